The number of aromatic amines is 1. The monoisotopic (exact) mass is 523 g/mol. The van der Waals surface area contributed by atoms with Crippen LogP contribution in [0, 0.1) is 5.82 Å². The Labute approximate surface area is 193 Å². The summed E-state index contributed by atoms with van der Waals surface area (Å²) in [4.78, 5) is 21.1. The lowest BCUT2D eigenvalue weighted by Crippen LogP contribution is -2.43. The van der Waals surface area contributed by atoms with Gasteiger partial charge in [-0.3, -0.25) is 4.79 Å². The summed E-state index contributed by atoms with van der Waals surface area (Å²) in [5, 5.41) is 7.37. The van der Waals surface area contributed by atoms with Gasteiger partial charge in [0.2, 0.25) is 5.91 Å². The molecule has 0 saturated carbocycles. The van der Waals surface area contributed by atoms with Crippen LogP contribution in [0.4, 0.5) is 4.39 Å². The molecular formula is C22H27FIN5O. The third-order valence-electron chi connectivity index (χ3n) is 4.58. The first-order valence-corrected chi connectivity index (χ1v) is 9.54. The minimum atomic E-state index is -0.255. The van der Waals surface area contributed by atoms with Crippen LogP contribution < -0.4 is 10.6 Å². The van der Waals surface area contributed by atoms with Crippen LogP contribution in [-0.2, 0) is 17.8 Å². The lowest BCUT2D eigenvalue weighted by atomic mass is 10.1. The van der Waals surface area contributed by atoms with Gasteiger partial charge in [-0.05, 0) is 35.7 Å². The third kappa shape index (κ3) is 6.72. The van der Waals surface area contributed by atoms with E-state index in [9.17, 15) is 9.18 Å². The number of nitrogens with zero attached hydrogens (tertiary/aromatic N) is 2. The molecule has 160 valence electrons. The predicted octanol–water partition coefficient (Wildman–Crippen LogP) is 3.29. The maximum absolute atomic E-state index is 13.3. The van der Waals surface area contributed by atoms with E-state index in [0.717, 1.165) is 28.5 Å². The van der Waals surface area contributed by atoms with Crippen molar-refractivity contribution < 1.29 is 9.18 Å². The highest BCUT2D eigenvalue weighted by atomic mass is 127. The topological polar surface area (TPSA) is 72.5 Å². The van der Waals surface area contributed by atoms with Gasteiger partial charge in [0, 0.05) is 37.7 Å². The molecule has 0 aliphatic heterocycles. The summed E-state index contributed by atoms with van der Waals surface area (Å²) < 4.78 is 13.3. The molecule has 0 unspecified atom stereocenters. The number of hydrogen-bond donors (Lipinski definition) is 3. The molecule has 1 amide bonds. The fraction of sp³-hybridized carbons (Fsp3) is 0.273. The molecule has 0 fully saturated rings. The molecule has 3 aromatic rings. The Hall–Kier alpha value is -2.62. The Morgan fingerprint density at radius 2 is 1.90 bits per heavy atom. The van der Waals surface area contributed by atoms with Crippen LogP contribution in [0.1, 0.15) is 11.1 Å². The number of fused-ring (bicyclic) bond motifs is 1. The summed E-state index contributed by atoms with van der Waals surface area (Å²) in [6, 6.07) is 14.7. The van der Waals surface area contributed by atoms with Gasteiger partial charge in [-0.15, -0.1) is 24.0 Å². The number of rotatable bonds is 7. The quantitative estimate of drug-likeness (QED) is 0.253. The van der Waals surface area contributed by atoms with E-state index >= 15 is 0 Å². The molecule has 8 heteroatoms. The van der Waals surface area contributed by atoms with Gasteiger partial charge in [-0.25, -0.2) is 9.38 Å². The fourth-order valence-corrected chi connectivity index (χ4v) is 2.93. The Kier molecular flexibility index (Phi) is 9.10. The average Bonchev–Trinajstić information content (AvgIpc) is 3.12. The molecular weight excluding hydrogens is 496 g/mol. The molecule has 0 bridgehead atoms. The van der Waals surface area contributed by atoms with E-state index in [0.29, 0.717) is 19.0 Å². The Bertz CT molecular complexity index is 988. The number of aromatic nitrogens is 1. The minimum absolute atomic E-state index is 0. The number of aliphatic imine (C=N–C) groups is 1. The summed E-state index contributed by atoms with van der Waals surface area (Å²) in [5.74, 6) is 0.293. The standard InChI is InChI=1S/C22H26FN5O.HI/c1-28(2)21(29)15-27-22(26-13-16-6-4-3-5-7-16)24-11-10-17-14-25-20-12-18(23)8-9-19(17)20;/h3-9,12,14,25H,10-11,13,15H2,1-2H3,(H2,24,26,27);1H. The molecule has 3 rings (SSSR count). The summed E-state index contributed by atoms with van der Waals surface area (Å²) in [5.41, 5.74) is 2.97. The first-order chi connectivity index (χ1) is 14.0. The maximum Gasteiger partial charge on any atom is 0.241 e. The number of carbonyl (C=O) groups excluding carboxylic acids is 1. The van der Waals surface area contributed by atoms with Crippen molar-refractivity contribution in [2.24, 2.45) is 4.99 Å². The number of carbonyl (C=O) groups is 1. The first-order valence-electron chi connectivity index (χ1n) is 9.54. The largest absolute Gasteiger partial charge is 0.361 e. The van der Waals surface area contributed by atoms with Crippen molar-refractivity contribution in [3.63, 3.8) is 0 Å². The van der Waals surface area contributed by atoms with E-state index in [-0.39, 0.29) is 42.2 Å². The zero-order chi connectivity index (χ0) is 20.6. The number of hydrogen-bond acceptors (Lipinski definition) is 2. The van der Waals surface area contributed by atoms with E-state index in [1.165, 1.54) is 17.0 Å². The van der Waals surface area contributed by atoms with E-state index < -0.39 is 0 Å². The van der Waals surface area contributed by atoms with Crippen LogP contribution in [0.25, 0.3) is 10.9 Å². The molecule has 3 N–H and O–H groups in total. The molecule has 30 heavy (non-hydrogen) atoms. The number of nitrogens with one attached hydrogen (secondary N) is 3. The van der Waals surface area contributed by atoms with Crippen LogP contribution in [0.3, 0.4) is 0 Å². The van der Waals surface area contributed by atoms with E-state index in [4.69, 9.17) is 0 Å². The van der Waals surface area contributed by atoms with E-state index in [1.54, 1.807) is 20.2 Å². The second-order valence-corrected chi connectivity index (χ2v) is 6.97. The van der Waals surface area contributed by atoms with Crippen molar-refractivity contribution in [1.29, 1.82) is 0 Å². The fourth-order valence-electron chi connectivity index (χ4n) is 2.93. The average molecular weight is 523 g/mol. The second-order valence-electron chi connectivity index (χ2n) is 6.97. The van der Waals surface area contributed by atoms with Gasteiger partial charge in [0.25, 0.3) is 0 Å². The van der Waals surface area contributed by atoms with Crippen molar-refractivity contribution >= 4 is 46.7 Å². The van der Waals surface area contributed by atoms with Crippen molar-refractivity contribution in [2.45, 2.75) is 13.0 Å². The SMILES string of the molecule is CN(C)C(=O)CNC(=NCc1ccccc1)NCCc1c[nH]c2cc(F)ccc12.I. The molecule has 0 saturated heterocycles. The van der Waals surface area contributed by atoms with Gasteiger partial charge in [0.15, 0.2) is 5.96 Å². The number of benzene rings is 2. The molecule has 0 spiro atoms. The normalized spacial score (nSPS) is 11.1. The third-order valence-corrected chi connectivity index (χ3v) is 4.58. The number of H-pyrrole nitrogens is 1. The van der Waals surface area contributed by atoms with Gasteiger partial charge in [0.1, 0.15) is 5.82 Å². The highest BCUT2D eigenvalue weighted by Gasteiger charge is 2.08. The highest BCUT2D eigenvalue weighted by molar-refractivity contribution is 14.0. The summed E-state index contributed by atoms with van der Waals surface area (Å²) in [6.07, 6.45) is 2.63. The Morgan fingerprint density at radius 1 is 1.13 bits per heavy atom. The van der Waals surface area contributed by atoms with Gasteiger partial charge in [-0.2, -0.15) is 0 Å². The predicted molar refractivity (Wildman–Crippen MR) is 130 cm³/mol. The maximum atomic E-state index is 13.3. The molecule has 0 atom stereocenters. The summed E-state index contributed by atoms with van der Waals surface area (Å²) in [7, 11) is 3.44. The number of halogens is 2. The zero-order valence-corrected chi connectivity index (χ0v) is 19.4. The van der Waals surface area contributed by atoms with Crippen LogP contribution in [-0.4, -0.2) is 48.9 Å². The van der Waals surface area contributed by atoms with Crippen LogP contribution in [0.5, 0.6) is 0 Å². The molecule has 1 heterocycles. The molecule has 6 nitrogen and oxygen atoms in total. The zero-order valence-electron chi connectivity index (χ0n) is 17.1. The lowest BCUT2D eigenvalue weighted by molar-refractivity contribution is -0.127. The van der Waals surface area contributed by atoms with E-state index in [2.05, 4.69) is 20.6 Å². The first kappa shape index (κ1) is 23.7. The Balaban J connectivity index is 0.00000320. The highest BCUT2D eigenvalue weighted by Crippen LogP contribution is 2.19. The van der Waals surface area contributed by atoms with E-state index in [1.807, 2.05) is 36.5 Å². The smallest absolute Gasteiger partial charge is 0.241 e. The second kappa shape index (κ2) is 11.5. The molecule has 0 radical (unpaired) electrons. The number of likely N-dealkylation sites (N-methyl/N-ethyl adjacent to an activating group) is 1. The van der Waals surface area contributed by atoms with Gasteiger partial charge < -0.3 is 20.5 Å². The number of amides is 1. The van der Waals surface area contributed by atoms with Crippen molar-refractivity contribution in [1.82, 2.24) is 20.5 Å². The van der Waals surface area contributed by atoms with Gasteiger partial charge in [-0.1, -0.05) is 30.3 Å². The van der Waals surface area contributed by atoms with Gasteiger partial charge >= 0.3 is 0 Å². The Morgan fingerprint density at radius 3 is 2.63 bits per heavy atom. The molecule has 0 aliphatic carbocycles. The molecule has 0 aliphatic rings. The summed E-state index contributed by atoms with van der Waals surface area (Å²) in [6.45, 7) is 1.31. The van der Waals surface area contributed by atoms with Crippen LogP contribution >= 0.6 is 24.0 Å². The van der Waals surface area contributed by atoms with Crippen LogP contribution in [0.2, 0.25) is 0 Å². The summed E-state index contributed by atoms with van der Waals surface area (Å²) >= 11 is 0. The van der Waals surface area contributed by atoms with Crippen molar-refractivity contribution in [3.8, 4) is 0 Å². The minimum Gasteiger partial charge on any atom is -0.361 e. The van der Waals surface area contributed by atoms with Gasteiger partial charge in [0.05, 0.1) is 13.1 Å². The van der Waals surface area contributed by atoms with Crippen LogP contribution in [0.15, 0.2) is 59.7 Å². The molecule has 2 aromatic carbocycles. The van der Waals surface area contributed by atoms with Crippen molar-refractivity contribution in [3.05, 3.63) is 71.7 Å². The lowest BCUT2D eigenvalue weighted by Gasteiger charge is -2.15. The number of guanidine groups is 1. The van der Waals surface area contributed by atoms with Crippen molar-refractivity contribution in [2.75, 3.05) is 27.2 Å². The molecule has 1 aromatic heterocycles.